The van der Waals surface area contributed by atoms with Crippen molar-refractivity contribution in [2.75, 3.05) is 19.7 Å². The number of nitrogens with zero attached hydrogens (tertiary/aromatic N) is 1. The highest BCUT2D eigenvalue weighted by atomic mass is 16.4. The van der Waals surface area contributed by atoms with Gasteiger partial charge in [0.2, 0.25) is 17.7 Å². The van der Waals surface area contributed by atoms with Crippen molar-refractivity contribution in [3.05, 3.63) is 36.0 Å². The molecule has 0 bridgehead atoms. The van der Waals surface area contributed by atoms with Crippen molar-refractivity contribution < 1.29 is 29.4 Å². The van der Waals surface area contributed by atoms with Crippen LogP contribution >= 0.6 is 0 Å². The zero-order chi connectivity index (χ0) is 24.9. The summed E-state index contributed by atoms with van der Waals surface area (Å²) in [5.74, 6) is -2.66. The van der Waals surface area contributed by atoms with Gasteiger partial charge in [0.05, 0.1) is 12.6 Å². The summed E-state index contributed by atoms with van der Waals surface area (Å²) in [6, 6.07) is 3.86. The summed E-state index contributed by atoms with van der Waals surface area (Å²) in [4.78, 5) is 54.9. The maximum Gasteiger partial charge on any atom is 0.326 e. The number of likely N-dealkylation sites (tertiary alicyclic amines) is 1. The molecular weight excluding hydrogens is 454 g/mol. The van der Waals surface area contributed by atoms with Crippen LogP contribution < -0.4 is 16.0 Å². The van der Waals surface area contributed by atoms with Gasteiger partial charge in [-0.05, 0) is 43.9 Å². The molecule has 3 heterocycles. The van der Waals surface area contributed by atoms with Crippen LogP contribution in [0, 0.1) is 0 Å². The Labute approximate surface area is 202 Å². The fourth-order valence-corrected chi connectivity index (χ4v) is 4.86. The predicted molar refractivity (Wildman–Crippen MR) is 126 cm³/mol. The lowest BCUT2D eigenvalue weighted by Crippen LogP contribution is -2.57. The van der Waals surface area contributed by atoms with Crippen molar-refractivity contribution in [2.45, 2.75) is 56.3 Å². The third kappa shape index (κ3) is 5.46. The van der Waals surface area contributed by atoms with Gasteiger partial charge in [0, 0.05) is 30.1 Å². The van der Waals surface area contributed by atoms with E-state index in [0.717, 1.165) is 22.9 Å². The number of aliphatic hydroxyl groups is 1. The molecule has 188 valence electrons. The van der Waals surface area contributed by atoms with E-state index < -0.39 is 48.6 Å². The van der Waals surface area contributed by atoms with Crippen LogP contribution in [0.2, 0.25) is 0 Å². The Balaban J connectivity index is 1.41. The van der Waals surface area contributed by atoms with Crippen molar-refractivity contribution in [3.8, 4) is 0 Å². The summed E-state index contributed by atoms with van der Waals surface area (Å²) >= 11 is 0. The standard InChI is InChI=1S/C24H31N5O6/c30-13-19(28-21(31)17-7-3-9-25-17)23(33)29-10-4-8-20(29)22(32)27-18(24(34)35)11-14-12-26-16-6-2-1-5-15(14)16/h1-2,5-6,12,17-20,25-26,30H,3-4,7-11,13H2,(H,27,32)(H,28,31)(H,34,35). The van der Waals surface area contributed by atoms with E-state index in [-0.39, 0.29) is 18.9 Å². The first-order valence-corrected chi connectivity index (χ1v) is 11.9. The van der Waals surface area contributed by atoms with Crippen molar-refractivity contribution in [3.63, 3.8) is 0 Å². The van der Waals surface area contributed by atoms with Crippen molar-refractivity contribution in [2.24, 2.45) is 0 Å². The average Bonchev–Trinajstić information content (AvgIpc) is 3.62. The summed E-state index contributed by atoms with van der Waals surface area (Å²) in [7, 11) is 0. The van der Waals surface area contributed by atoms with E-state index in [9.17, 15) is 29.4 Å². The lowest BCUT2D eigenvalue weighted by Gasteiger charge is -2.29. The molecular formula is C24H31N5O6. The Morgan fingerprint density at radius 3 is 2.54 bits per heavy atom. The molecule has 2 saturated heterocycles. The fraction of sp³-hybridized carbons (Fsp3) is 0.500. The smallest absolute Gasteiger partial charge is 0.326 e. The summed E-state index contributed by atoms with van der Waals surface area (Å²) < 4.78 is 0. The number of aliphatic carboxylic acids is 1. The Morgan fingerprint density at radius 1 is 1.06 bits per heavy atom. The number of fused-ring (bicyclic) bond motifs is 1. The molecule has 2 aromatic rings. The topological polar surface area (TPSA) is 164 Å². The monoisotopic (exact) mass is 485 g/mol. The molecule has 4 rings (SSSR count). The van der Waals surface area contributed by atoms with E-state index in [4.69, 9.17) is 0 Å². The second kappa shape index (κ2) is 10.9. The third-order valence-corrected chi connectivity index (χ3v) is 6.73. The number of rotatable bonds is 9. The van der Waals surface area contributed by atoms with Crippen LogP contribution in [0.4, 0.5) is 0 Å². The first kappa shape index (κ1) is 24.7. The number of H-pyrrole nitrogens is 1. The molecule has 0 aliphatic carbocycles. The fourth-order valence-electron chi connectivity index (χ4n) is 4.86. The summed E-state index contributed by atoms with van der Waals surface area (Å²) in [5.41, 5.74) is 1.63. The molecule has 1 aromatic carbocycles. The van der Waals surface area contributed by atoms with Crippen LogP contribution in [0.1, 0.15) is 31.2 Å². The van der Waals surface area contributed by atoms with Gasteiger partial charge in [-0.3, -0.25) is 14.4 Å². The second-order valence-corrected chi connectivity index (χ2v) is 9.05. The molecule has 0 radical (unpaired) electrons. The summed E-state index contributed by atoms with van der Waals surface area (Å²) in [6.45, 7) is 0.402. The number of hydrogen-bond acceptors (Lipinski definition) is 6. The largest absolute Gasteiger partial charge is 0.480 e. The van der Waals surface area contributed by atoms with E-state index in [1.807, 2.05) is 24.3 Å². The van der Waals surface area contributed by atoms with Gasteiger partial charge in [-0.2, -0.15) is 0 Å². The number of carboxylic acid groups (broad SMARTS) is 1. The van der Waals surface area contributed by atoms with E-state index in [0.29, 0.717) is 25.8 Å². The molecule has 2 aliphatic rings. The van der Waals surface area contributed by atoms with Gasteiger partial charge in [-0.15, -0.1) is 0 Å². The van der Waals surface area contributed by atoms with Gasteiger partial charge in [-0.25, -0.2) is 4.79 Å². The Bertz CT molecular complexity index is 1100. The second-order valence-electron chi connectivity index (χ2n) is 9.05. The number of carboxylic acids is 1. The molecule has 3 amide bonds. The number of amides is 3. The Hall–Kier alpha value is -3.44. The number of carbonyl (C=O) groups is 4. The van der Waals surface area contributed by atoms with Gasteiger partial charge in [-0.1, -0.05) is 18.2 Å². The van der Waals surface area contributed by atoms with Gasteiger partial charge in [0.25, 0.3) is 0 Å². The van der Waals surface area contributed by atoms with Gasteiger partial charge in [0.1, 0.15) is 18.1 Å². The van der Waals surface area contributed by atoms with E-state index in [1.165, 1.54) is 4.90 Å². The number of aliphatic hydroxyl groups excluding tert-OH is 1. The number of carbonyl (C=O) groups excluding carboxylic acids is 3. The molecule has 0 spiro atoms. The molecule has 11 nitrogen and oxygen atoms in total. The average molecular weight is 486 g/mol. The van der Waals surface area contributed by atoms with E-state index >= 15 is 0 Å². The maximum absolute atomic E-state index is 13.1. The third-order valence-electron chi connectivity index (χ3n) is 6.73. The number of para-hydroxylation sites is 1. The number of aromatic amines is 1. The van der Waals surface area contributed by atoms with Crippen LogP contribution in [0.5, 0.6) is 0 Å². The van der Waals surface area contributed by atoms with E-state index in [1.54, 1.807) is 6.20 Å². The lowest BCUT2D eigenvalue weighted by atomic mass is 10.0. The Morgan fingerprint density at radius 2 is 1.83 bits per heavy atom. The molecule has 4 atom stereocenters. The zero-order valence-electron chi connectivity index (χ0n) is 19.3. The number of hydrogen-bond donors (Lipinski definition) is 6. The van der Waals surface area contributed by atoms with Crippen LogP contribution in [-0.4, -0.2) is 87.7 Å². The van der Waals surface area contributed by atoms with E-state index in [2.05, 4.69) is 20.9 Å². The molecule has 4 unspecified atom stereocenters. The van der Waals surface area contributed by atoms with Crippen LogP contribution in [0.15, 0.2) is 30.5 Å². The minimum Gasteiger partial charge on any atom is -0.480 e. The quantitative estimate of drug-likeness (QED) is 0.279. The highest BCUT2D eigenvalue weighted by molar-refractivity contribution is 5.95. The SMILES string of the molecule is O=C(O)C(Cc1c[nH]c2ccccc12)NC(=O)C1CCCN1C(=O)C(CO)NC(=O)C1CCCN1. The highest BCUT2D eigenvalue weighted by Crippen LogP contribution is 2.21. The minimum atomic E-state index is -1.18. The molecule has 0 saturated carbocycles. The lowest BCUT2D eigenvalue weighted by molar-refractivity contribution is -0.145. The van der Waals surface area contributed by atoms with Crippen molar-refractivity contribution >= 4 is 34.6 Å². The van der Waals surface area contributed by atoms with Gasteiger partial charge >= 0.3 is 5.97 Å². The van der Waals surface area contributed by atoms with Crippen molar-refractivity contribution in [1.82, 2.24) is 25.8 Å². The molecule has 11 heteroatoms. The first-order chi connectivity index (χ1) is 16.9. The number of nitrogens with one attached hydrogen (secondary N) is 4. The zero-order valence-corrected chi connectivity index (χ0v) is 19.3. The molecule has 6 N–H and O–H groups in total. The number of aromatic nitrogens is 1. The van der Waals surface area contributed by atoms with Gasteiger partial charge in [0.15, 0.2) is 0 Å². The molecule has 2 fully saturated rings. The minimum absolute atomic E-state index is 0.0788. The summed E-state index contributed by atoms with van der Waals surface area (Å²) in [5, 5.41) is 28.6. The van der Waals surface area contributed by atoms with Gasteiger partial charge < -0.3 is 36.0 Å². The predicted octanol–water partition coefficient (Wildman–Crippen LogP) is -0.500. The maximum atomic E-state index is 13.1. The van der Waals surface area contributed by atoms with Crippen LogP contribution in [0.25, 0.3) is 10.9 Å². The van der Waals surface area contributed by atoms with Crippen LogP contribution in [-0.2, 0) is 25.6 Å². The van der Waals surface area contributed by atoms with Crippen molar-refractivity contribution in [1.29, 1.82) is 0 Å². The summed E-state index contributed by atoms with van der Waals surface area (Å²) in [6.07, 6.45) is 4.24. The molecule has 2 aliphatic heterocycles. The Kier molecular flexibility index (Phi) is 7.67. The highest BCUT2D eigenvalue weighted by Gasteiger charge is 2.39. The number of benzene rings is 1. The normalized spacial score (nSPS) is 21.6. The molecule has 1 aromatic heterocycles. The van der Waals surface area contributed by atoms with Crippen LogP contribution in [0.3, 0.4) is 0 Å². The molecule has 35 heavy (non-hydrogen) atoms. The first-order valence-electron chi connectivity index (χ1n) is 11.9.